The molecule has 1 fully saturated rings. The second kappa shape index (κ2) is 5.38. The zero-order valence-corrected chi connectivity index (χ0v) is 11.3. The largest absolute Gasteiger partial charge is 0.378 e. The molecule has 1 atom stereocenters. The molecule has 1 N–H and O–H groups in total. The van der Waals surface area contributed by atoms with E-state index in [0.717, 1.165) is 11.4 Å². The molecule has 2 nitrogen and oxygen atoms in total. The summed E-state index contributed by atoms with van der Waals surface area (Å²) in [7, 11) is 3.83. The first-order chi connectivity index (χ1) is 8.19. The fraction of sp³-hybridized carbons (Fsp3) is 0.571. The van der Waals surface area contributed by atoms with Crippen LogP contribution in [-0.2, 0) is 4.74 Å². The molecule has 1 aliphatic rings. The molecule has 0 aliphatic heterocycles. The van der Waals surface area contributed by atoms with Gasteiger partial charge >= 0.3 is 0 Å². The average Bonchev–Trinajstić information content (AvgIpc) is 2.30. The molecule has 0 amide bonds. The maximum absolute atomic E-state index is 5.91. The first-order valence-corrected chi connectivity index (χ1v) is 6.55. The molecule has 0 aromatic heterocycles. The summed E-state index contributed by atoms with van der Waals surface area (Å²) < 4.78 is 5.69. The van der Waals surface area contributed by atoms with E-state index >= 15 is 0 Å². The first kappa shape index (κ1) is 12.9. The van der Waals surface area contributed by atoms with Crippen LogP contribution in [0.15, 0.2) is 24.3 Å². The van der Waals surface area contributed by atoms with E-state index in [1.165, 1.54) is 24.8 Å². The summed E-state index contributed by atoms with van der Waals surface area (Å²) in [5.74, 6) is 0. The molecule has 1 aliphatic carbocycles. The van der Waals surface area contributed by atoms with E-state index in [2.05, 4.69) is 17.4 Å². The molecule has 17 heavy (non-hydrogen) atoms. The topological polar surface area (TPSA) is 21.3 Å². The number of benzene rings is 1. The Hall–Kier alpha value is -0.570. The molecule has 1 saturated carbocycles. The number of methoxy groups -OCH3 is 1. The van der Waals surface area contributed by atoms with Crippen LogP contribution < -0.4 is 5.32 Å². The zero-order chi connectivity index (χ0) is 12.3. The van der Waals surface area contributed by atoms with Crippen LogP contribution in [-0.4, -0.2) is 19.8 Å². The molecule has 1 aromatic carbocycles. The summed E-state index contributed by atoms with van der Waals surface area (Å²) in [6.45, 7) is 0. The van der Waals surface area contributed by atoms with Gasteiger partial charge in [-0.1, -0.05) is 23.7 Å². The van der Waals surface area contributed by atoms with Gasteiger partial charge < -0.3 is 10.1 Å². The zero-order valence-electron chi connectivity index (χ0n) is 10.5. The Labute approximate surface area is 108 Å². The standard InChI is InChI=1S/C14H20ClNO/c1-16-13(10-14(17-2)8-3-9-14)11-4-6-12(15)7-5-11/h4-7,13,16H,3,8-10H2,1-2H3. The van der Waals surface area contributed by atoms with Gasteiger partial charge in [-0.2, -0.15) is 0 Å². The van der Waals surface area contributed by atoms with Crippen LogP contribution in [0.25, 0.3) is 0 Å². The summed E-state index contributed by atoms with van der Waals surface area (Å²) in [5, 5.41) is 4.16. The van der Waals surface area contributed by atoms with Crippen molar-refractivity contribution in [2.24, 2.45) is 0 Å². The van der Waals surface area contributed by atoms with Crippen LogP contribution in [0.2, 0.25) is 5.02 Å². The lowest BCUT2D eigenvalue weighted by molar-refractivity contribution is -0.0834. The number of rotatable bonds is 5. The van der Waals surface area contributed by atoms with Crippen molar-refractivity contribution in [3.8, 4) is 0 Å². The summed E-state index contributed by atoms with van der Waals surface area (Å²) in [6.07, 6.45) is 4.66. The Bertz CT molecular complexity index is 353. The van der Waals surface area contributed by atoms with E-state index in [4.69, 9.17) is 16.3 Å². The van der Waals surface area contributed by atoms with Gasteiger partial charge in [-0.25, -0.2) is 0 Å². The Balaban J connectivity index is 2.08. The maximum Gasteiger partial charge on any atom is 0.0697 e. The van der Waals surface area contributed by atoms with Crippen molar-refractivity contribution >= 4 is 11.6 Å². The second-order valence-corrected chi connectivity index (χ2v) is 5.27. The van der Waals surface area contributed by atoms with Gasteiger partial charge in [0.05, 0.1) is 5.60 Å². The van der Waals surface area contributed by atoms with Gasteiger partial charge in [0, 0.05) is 18.2 Å². The molecule has 0 heterocycles. The fourth-order valence-electron chi connectivity index (χ4n) is 2.52. The molecule has 1 aromatic rings. The van der Waals surface area contributed by atoms with Crippen molar-refractivity contribution in [2.45, 2.75) is 37.3 Å². The Morgan fingerprint density at radius 1 is 1.35 bits per heavy atom. The van der Waals surface area contributed by atoms with Gasteiger partial charge in [-0.05, 0) is 50.4 Å². The van der Waals surface area contributed by atoms with Gasteiger partial charge in [-0.15, -0.1) is 0 Å². The van der Waals surface area contributed by atoms with Gasteiger partial charge in [0.15, 0.2) is 0 Å². The van der Waals surface area contributed by atoms with Crippen LogP contribution in [0, 0.1) is 0 Å². The first-order valence-electron chi connectivity index (χ1n) is 6.17. The minimum atomic E-state index is 0.0906. The van der Waals surface area contributed by atoms with Crippen molar-refractivity contribution in [1.29, 1.82) is 0 Å². The van der Waals surface area contributed by atoms with E-state index < -0.39 is 0 Å². The van der Waals surface area contributed by atoms with Gasteiger partial charge in [-0.3, -0.25) is 0 Å². The summed E-state index contributed by atoms with van der Waals surface area (Å²) in [6, 6.07) is 8.41. The SMILES string of the molecule is CNC(CC1(OC)CCC1)c1ccc(Cl)cc1. The highest BCUT2D eigenvalue weighted by Crippen LogP contribution is 2.41. The summed E-state index contributed by atoms with van der Waals surface area (Å²) in [5.41, 5.74) is 1.37. The Kier molecular flexibility index (Phi) is 4.08. The Morgan fingerprint density at radius 2 is 2.00 bits per heavy atom. The van der Waals surface area contributed by atoms with Crippen LogP contribution >= 0.6 is 11.6 Å². The summed E-state index contributed by atoms with van der Waals surface area (Å²) >= 11 is 5.91. The number of nitrogens with one attached hydrogen (secondary N) is 1. The van der Waals surface area contributed by atoms with Crippen molar-refractivity contribution in [1.82, 2.24) is 5.32 Å². The average molecular weight is 254 g/mol. The third kappa shape index (κ3) is 2.82. The number of hydrogen-bond donors (Lipinski definition) is 1. The van der Waals surface area contributed by atoms with Gasteiger partial charge in [0.25, 0.3) is 0 Å². The molecule has 0 saturated heterocycles. The molecular formula is C14H20ClNO. The maximum atomic E-state index is 5.91. The van der Waals surface area contributed by atoms with Crippen molar-refractivity contribution in [3.63, 3.8) is 0 Å². The lowest BCUT2D eigenvalue weighted by atomic mass is 9.74. The van der Waals surface area contributed by atoms with Gasteiger partial charge in [0.1, 0.15) is 0 Å². The molecular weight excluding hydrogens is 234 g/mol. The third-order valence-electron chi connectivity index (χ3n) is 3.89. The summed E-state index contributed by atoms with van der Waals surface area (Å²) in [4.78, 5) is 0. The molecule has 3 heteroatoms. The van der Waals surface area contributed by atoms with E-state index in [0.29, 0.717) is 6.04 Å². The highest BCUT2D eigenvalue weighted by atomic mass is 35.5. The molecule has 0 spiro atoms. The number of halogens is 1. The molecule has 94 valence electrons. The van der Waals surface area contributed by atoms with E-state index in [-0.39, 0.29) is 5.60 Å². The smallest absolute Gasteiger partial charge is 0.0697 e. The number of hydrogen-bond acceptors (Lipinski definition) is 2. The second-order valence-electron chi connectivity index (χ2n) is 4.84. The fourth-order valence-corrected chi connectivity index (χ4v) is 2.64. The predicted octanol–water partition coefficient (Wildman–Crippen LogP) is 3.56. The lowest BCUT2D eigenvalue weighted by Crippen LogP contribution is -2.42. The quantitative estimate of drug-likeness (QED) is 0.866. The van der Waals surface area contributed by atoms with E-state index in [1.54, 1.807) is 0 Å². The molecule has 1 unspecified atom stereocenters. The van der Waals surface area contributed by atoms with Crippen molar-refractivity contribution in [3.05, 3.63) is 34.9 Å². The number of ether oxygens (including phenoxy) is 1. The van der Waals surface area contributed by atoms with E-state index in [9.17, 15) is 0 Å². The highest BCUT2D eigenvalue weighted by Gasteiger charge is 2.38. The molecule has 0 radical (unpaired) electrons. The van der Waals surface area contributed by atoms with Crippen LogP contribution in [0.4, 0.5) is 0 Å². The molecule has 2 rings (SSSR count). The van der Waals surface area contributed by atoms with Crippen LogP contribution in [0.5, 0.6) is 0 Å². The highest BCUT2D eigenvalue weighted by molar-refractivity contribution is 6.30. The Morgan fingerprint density at radius 3 is 2.41 bits per heavy atom. The normalized spacial score (nSPS) is 19.7. The van der Waals surface area contributed by atoms with Crippen molar-refractivity contribution < 1.29 is 4.74 Å². The van der Waals surface area contributed by atoms with Crippen molar-refractivity contribution in [2.75, 3.05) is 14.2 Å². The lowest BCUT2D eigenvalue weighted by Gasteiger charge is -2.42. The van der Waals surface area contributed by atoms with Crippen LogP contribution in [0.3, 0.4) is 0 Å². The predicted molar refractivity (Wildman–Crippen MR) is 71.5 cm³/mol. The third-order valence-corrected chi connectivity index (χ3v) is 4.15. The minimum Gasteiger partial charge on any atom is -0.378 e. The van der Waals surface area contributed by atoms with Crippen LogP contribution in [0.1, 0.15) is 37.3 Å². The van der Waals surface area contributed by atoms with E-state index in [1.807, 2.05) is 26.3 Å². The monoisotopic (exact) mass is 253 g/mol. The molecule has 0 bridgehead atoms. The van der Waals surface area contributed by atoms with Gasteiger partial charge in [0.2, 0.25) is 0 Å². The minimum absolute atomic E-state index is 0.0906.